The van der Waals surface area contributed by atoms with E-state index in [0.29, 0.717) is 12.6 Å². The van der Waals surface area contributed by atoms with Crippen molar-refractivity contribution in [2.45, 2.75) is 38.1 Å². The molecule has 1 unspecified atom stereocenters. The minimum Gasteiger partial charge on any atom is -0.481 e. The number of carboxylic acids is 1. The number of anilines is 1. The Balaban J connectivity index is 2.31. The Bertz CT molecular complexity index is 473. The number of rotatable bonds is 3. The molecule has 98 valence electrons. The van der Waals surface area contributed by atoms with E-state index in [1.165, 1.54) is 21.7 Å². The Hall–Kier alpha value is -1.16. The van der Waals surface area contributed by atoms with Gasteiger partial charge in [0.2, 0.25) is 0 Å². The average Bonchev–Trinajstić information content (AvgIpc) is 2.30. The molecular weight excluding hydrogens is 246 g/mol. The number of nitrogens with zero attached hydrogens (tertiary/aromatic N) is 1. The third-order valence-electron chi connectivity index (χ3n) is 3.46. The van der Waals surface area contributed by atoms with Crippen LogP contribution in [0.15, 0.2) is 17.0 Å². The smallest absolute Gasteiger partial charge is 0.305 e. The van der Waals surface area contributed by atoms with Crippen LogP contribution in [0.5, 0.6) is 0 Å². The van der Waals surface area contributed by atoms with Gasteiger partial charge < -0.3 is 10.0 Å². The molecule has 2 rings (SSSR count). The average molecular weight is 265 g/mol. The van der Waals surface area contributed by atoms with E-state index in [0.717, 1.165) is 5.75 Å². The second-order valence-electron chi connectivity index (χ2n) is 4.90. The largest absolute Gasteiger partial charge is 0.481 e. The van der Waals surface area contributed by atoms with E-state index in [1.807, 2.05) is 11.8 Å². The standard InChI is InChI=1S/C14H19NO2S/c1-9-6-12-13(7-10(9)2)18-8-11(3)15(12)5-4-14(16)17/h6-7,11H,4-5,8H2,1-3H3,(H,16,17). The summed E-state index contributed by atoms with van der Waals surface area (Å²) in [4.78, 5) is 14.3. The fourth-order valence-corrected chi connectivity index (χ4v) is 3.39. The first-order valence-electron chi connectivity index (χ1n) is 6.21. The van der Waals surface area contributed by atoms with E-state index >= 15 is 0 Å². The first-order chi connectivity index (χ1) is 8.49. The maximum atomic E-state index is 10.7. The lowest BCUT2D eigenvalue weighted by atomic mass is 10.1. The number of carboxylic acid groups (broad SMARTS) is 1. The van der Waals surface area contributed by atoms with Gasteiger partial charge in [-0.25, -0.2) is 0 Å². The van der Waals surface area contributed by atoms with Gasteiger partial charge in [-0.2, -0.15) is 0 Å². The summed E-state index contributed by atoms with van der Waals surface area (Å²) in [7, 11) is 0. The number of aryl methyl sites for hydroxylation is 2. The summed E-state index contributed by atoms with van der Waals surface area (Å²) in [5.74, 6) is 0.292. The van der Waals surface area contributed by atoms with Crippen molar-refractivity contribution in [1.82, 2.24) is 0 Å². The van der Waals surface area contributed by atoms with Crippen LogP contribution in [0.3, 0.4) is 0 Å². The quantitative estimate of drug-likeness (QED) is 0.912. The van der Waals surface area contributed by atoms with Gasteiger partial charge >= 0.3 is 5.97 Å². The van der Waals surface area contributed by atoms with E-state index in [-0.39, 0.29) is 6.42 Å². The van der Waals surface area contributed by atoms with Gasteiger partial charge in [-0.3, -0.25) is 4.79 Å². The highest BCUT2D eigenvalue weighted by atomic mass is 32.2. The zero-order valence-corrected chi connectivity index (χ0v) is 11.9. The predicted octanol–water partition coefficient (Wildman–Crippen LogP) is 3.08. The first-order valence-corrected chi connectivity index (χ1v) is 7.20. The highest BCUT2D eigenvalue weighted by Gasteiger charge is 2.24. The molecule has 1 atom stereocenters. The van der Waals surface area contributed by atoms with E-state index < -0.39 is 5.97 Å². The number of hydrogen-bond acceptors (Lipinski definition) is 3. The normalized spacial score (nSPS) is 18.6. The highest BCUT2D eigenvalue weighted by Crippen LogP contribution is 2.39. The summed E-state index contributed by atoms with van der Waals surface area (Å²) in [5.41, 5.74) is 3.76. The molecule has 1 aromatic rings. The molecule has 1 N–H and O–H groups in total. The number of thioether (sulfide) groups is 1. The summed E-state index contributed by atoms with van der Waals surface area (Å²) in [6.07, 6.45) is 0.196. The van der Waals surface area contributed by atoms with Crippen LogP contribution in [0.2, 0.25) is 0 Å². The Labute approximate surface area is 112 Å². The van der Waals surface area contributed by atoms with Crippen molar-refractivity contribution in [3.63, 3.8) is 0 Å². The molecular formula is C14H19NO2S. The van der Waals surface area contributed by atoms with Crippen LogP contribution in [-0.4, -0.2) is 29.4 Å². The van der Waals surface area contributed by atoms with E-state index in [9.17, 15) is 4.79 Å². The van der Waals surface area contributed by atoms with E-state index in [2.05, 4.69) is 37.8 Å². The van der Waals surface area contributed by atoms with Crippen LogP contribution < -0.4 is 4.90 Å². The Morgan fingerprint density at radius 1 is 1.44 bits per heavy atom. The monoisotopic (exact) mass is 265 g/mol. The lowest BCUT2D eigenvalue weighted by Gasteiger charge is -2.37. The summed E-state index contributed by atoms with van der Waals surface area (Å²) in [6, 6.07) is 4.80. The Kier molecular flexibility index (Phi) is 3.85. The van der Waals surface area contributed by atoms with Crippen LogP contribution in [0, 0.1) is 13.8 Å². The van der Waals surface area contributed by atoms with Crippen molar-refractivity contribution in [2.75, 3.05) is 17.2 Å². The van der Waals surface area contributed by atoms with Gasteiger partial charge in [0.25, 0.3) is 0 Å². The molecule has 0 amide bonds. The fourth-order valence-electron chi connectivity index (χ4n) is 2.21. The van der Waals surface area contributed by atoms with Gasteiger partial charge in [0.05, 0.1) is 12.1 Å². The second-order valence-corrected chi connectivity index (χ2v) is 5.96. The SMILES string of the molecule is Cc1cc2c(cc1C)N(CCC(=O)O)C(C)CS2. The molecule has 0 saturated heterocycles. The minimum atomic E-state index is -0.731. The maximum Gasteiger partial charge on any atom is 0.305 e. The molecule has 0 fully saturated rings. The van der Waals surface area contributed by atoms with Crippen molar-refractivity contribution < 1.29 is 9.90 Å². The summed E-state index contributed by atoms with van der Waals surface area (Å²) < 4.78 is 0. The lowest BCUT2D eigenvalue weighted by molar-refractivity contribution is -0.136. The summed E-state index contributed by atoms with van der Waals surface area (Å²) >= 11 is 1.87. The molecule has 1 heterocycles. The number of benzene rings is 1. The zero-order valence-electron chi connectivity index (χ0n) is 11.1. The van der Waals surface area contributed by atoms with Gasteiger partial charge in [-0.15, -0.1) is 11.8 Å². The molecule has 1 aliphatic rings. The first kappa shape index (κ1) is 13.3. The molecule has 4 heteroatoms. The second kappa shape index (κ2) is 5.22. The van der Waals surface area contributed by atoms with Crippen LogP contribution in [0.1, 0.15) is 24.5 Å². The Morgan fingerprint density at radius 3 is 2.78 bits per heavy atom. The van der Waals surface area contributed by atoms with Crippen LogP contribution in [0.4, 0.5) is 5.69 Å². The molecule has 0 bridgehead atoms. The molecule has 0 radical (unpaired) electrons. The number of fused-ring (bicyclic) bond motifs is 1. The Morgan fingerprint density at radius 2 is 2.11 bits per heavy atom. The van der Waals surface area contributed by atoms with Gasteiger partial charge in [0.15, 0.2) is 0 Å². The van der Waals surface area contributed by atoms with Crippen LogP contribution >= 0.6 is 11.8 Å². The number of hydrogen-bond donors (Lipinski definition) is 1. The third kappa shape index (κ3) is 2.64. The van der Waals surface area contributed by atoms with Crippen LogP contribution in [-0.2, 0) is 4.79 Å². The molecule has 0 saturated carbocycles. The van der Waals surface area contributed by atoms with Gasteiger partial charge in [-0.1, -0.05) is 0 Å². The number of carbonyl (C=O) groups is 1. The summed E-state index contributed by atoms with van der Waals surface area (Å²) in [6.45, 7) is 6.98. The molecule has 18 heavy (non-hydrogen) atoms. The predicted molar refractivity (Wildman–Crippen MR) is 75.7 cm³/mol. The third-order valence-corrected chi connectivity index (χ3v) is 4.75. The molecule has 0 aromatic heterocycles. The summed E-state index contributed by atoms with van der Waals surface area (Å²) in [5, 5.41) is 8.85. The number of aliphatic carboxylic acids is 1. The molecule has 1 aromatic carbocycles. The minimum absolute atomic E-state index is 0.196. The molecule has 1 aliphatic heterocycles. The molecule has 3 nitrogen and oxygen atoms in total. The van der Waals surface area contributed by atoms with Crippen molar-refractivity contribution in [3.8, 4) is 0 Å². The van der Waals surface area contributed by atoms with Gasteiger partial charge in [-0.05, 0) is 44.0 Å². The maximum absolute atomic E-state index is 10.7. The fraction of sp³-hybridized carbons (Fsp3) is 0.500. The van der Waals surface area contributed by atoms with Crippen molar-refractivity contribution in [1.29, 1.82) is 0 Å². The molecule has 0 aliphatic carbocycles. The highest BCUT2D eigenvalue weighted by molar-refractivity contribution is 7.99. The van der Waals surface area contributed by atoms with Gasteiger partial charge in [0, 0.05) is 23.2 Å². The van der Waals surface area contributed by atoms with Crippen molar-refractivity contribution in [3.05, 3.63) is 23.3 Å². The van der Waals surface area contributed by atoms with Gasteiger partial charge in [0.1, 0.15) is 0 Å². The lowest BCUT2D eigenvalue weighted by Crippen LogP contribution is -2.39. The van der Waals surface area contributed by atoms with E-state index in [1.54, 1.807) is 0 Å². The van der Waals surface area contributed by atoms with Crippen molar-refractivity contribution >= 4 is 23.4 Å². The van der Waals surface area contributed by atoms with Crippen LogP contribution in [0.25, 0.3) is 0 Å². The van der Waals surface area contributed by atoms with E-state index in [4.69, 9.17) is 5.11 Å². The van der Waals surface area contributed by atoms with Crippen molar-refractivity contribution in [2.24, 2.45) is 0 Å². The zero-order chi connectivity index (χ0) is 13.3. The molecule has 0 spiro atoms. The topological polar surface area (TPSA) is 40.5 Å².